The lowest BCUT2D eigenvalue weighted by atomic mass is 10.2. The zero-order valence-electron chi connectivity index (χ0n) is 16.3. The summed E-state index contributed by atoms with van der Waals surface area (Å²) in [5, 5.41) is 3.86. The molecule has 3 aromatic rings. The first-order chi connectivity index (χ1) is 14.5. The Bertz CT molecular complexity index is 1100. The number of ether oxygens (including phenoxy) is 2. The molecular formula is C22H21BrN2O4S. The van der Waals surface area contributed by atoms with Crippen LogP contribution in [0, 0.1) is 0 Å². The molecule has 3 rings (SSSR count). The predicted octanol–water partition coefficient (Wildman–Crippen LogP) is 4.74. The van der Waals surface area contributed by atoms with Gasteiger partial charge in [-0.3, -0.25) is 0 Å². The van der Waals surface area contributed by atoms with Gasteiger partial charge in [0.15, 0.2) is 11.5 Å². The first-order valence-corrected chi connectivity index (χ1v) is 11.5. The molecule has 0 saturated carbocycles. The highest BCUT2D eigenvalue weighted by Crippen LogP contribution is 2.29. The first kappa shape index (κ1) is 21.9. The molecule has 0 fully saturated rings. The van der Waals surface area contributed by atoms with E-state index in [1.165, 1.54) is 18.3 Å². The molecule has 6 nitrogen and oxygen atoms in total. The largest absolute Gasteiger partial charge is 0.490 e. The van der Waals surface area contributed by atoms with Crippen LogP contribution in [-0.2, 0) is 16.6 Å². The van der Waals surface area contributed by atoms with Gasteiger partial charge in [-0.25, -0.2) is 4.83 Å². The Hall–Kier alpha value is -2.84. The Labute approximate surface area is 184 Å². The van der Waals surface area contributed by atoms with Crippen molar-refractivity contribution in [3.05, 3.63) is 88.4 Å². The fraction of sp³-hybridized carbons (Fsp3) is 0.136. The molecule has 0 radical (unpaired) electrons. The second-order valence-corrected chi connectivity index (χ2v) is 8.80. The maximum absolute atomic E-state index is 12.2. The Morgan fingerprint density at radius 2 is 1.70 bits per heavy atom. The predicted molar refractivity (Wildman–Crippen MR) is 120 cm³/mol. The SMILES string of the molecule is CCOc1cc(/C=N\NS(=O)(=O)c2ccccc2)ccc1OCc1ccc(Br)cc1. The van der Waals surface area contributed by atoms with Crippen molar-refractivity contribution in [2.24, 2.45) is 5.10 Å². The van der Waals surface area contributed by atoms with Gasteiger partial charge in [-0.1, -0.05) is 46.3 Å². The minimum Gasteiger partial charge on any atom is -0.490 e. The average molecular weight is 489 g/mol. The topological polar surface area (TPSA) is 77.0 Å². The van der Waals surface area contributed by atoms with E-state index in [4.69, 9.17) is 9.47 Å². The van der Waals surface area contributed by atoms with Crippen LogP contribution in [0.15, 0.2) is 87.3 Å². The number of halogens is 1. The van der Waals surface area contributed by atoms with Crippen molar-refractivity contribution in [1.82, 2.24) is 4.83 Å². The lowest BCUT2D eigenvalue weighted by Gasteiger charge is -2.12. The van der Waals surface area contributed by atoms with Gasteiger partial charge in [0.2, 0.25) is 0 Å². The van der Waals surface area contributed by atoms with Crippen LogP contribution in [0.5, 0.6) is 11.5 Å². The molecule has 0 amide bonds. The zero-order chi connectivity index (χ0) is 21.4. The van der Waals surface area contributed by atoms with Gasteiger partial charge in [0.25, 0.3) is 10.0 Å². The van der Waals surface area contributed by atoms with E-state index in [1.54, 1.807) is 36.4 Å². The maximum Gasteiger partial charge on any atom is 0.276 e. The molecule has 3 aromatic carbocycles. The number of rotatable bonds is 9. The fourth-order valence-electron chi connectivity index (χ4n) is 2.56. The average Bonchev–Trinajstić information content (AvgIpc) is 2.75. The minimum absolute atomic E-state index is 0.147. The van der Waals surface area contributed by atoms with Gasteiger partial charge in [-0.15, -0.1) is 0 Å². The number of hydrazone groups is 1. The highest BCUT2D eigenvalue weighted by atomic mass is 79.9. The summed E-state index contributed by atoms with van der Waals surface area (Å²) in [4.78, 5) is 2.35. The van der Waals surface area contributed by atoms with Gasteiger partial charge in [-0.05, 0) is 60.5 Å². The minimum atomic E-state index is -3.71. The van der Waals surface area contributed by atoms with E-state index < -0.39 is 10.0 Å². The molecule has 0 spiro atoms. The molecular weight excluding hydrogens is 468 g/mol. The van der Waals surface area contributed by atoms with Crippen LogP contribution in [0.4, 0.5) is 0 Å². The van der Waals surface area contributed by atoms with Crippen molar-refractivity contribution in [3.63, 3.8) is 0 Å². The molecule has 8 heteroatoms. The Morgan fingerprint density at radius 1 is 0.967 bits per heavy atom. The molecule has 0 atom stereocenters. The molecule has 0 heterocycles. The lowest BCUT2D eigenvalue weighted by molar-refractivity contribution is 0.269. The zero-order valence-corrected chi connectivity index (χ0v) is 18.7. The van der Waals surface area contributed by atoms with Gasteiger partial charge >= 0.3 is 0 Å². The van der Waals surface area contributed by atoms with Crippen LogP contribution >= 0.6 is 15.9 Å². The van der Waals surface area contributed by atoms with E-state index in [0.717, 1.165) is 10.0 Å². The standard InChI is InChI=1S/C22H21BrN2O4S/c1-2-28-22-14-18(15-24-25-30(26,27)20-6-4-3-5-7-20)10-13-21(22)29-16-17-8-11-19(23)12-9-17/h3-15,25H,2,16H2,1H3/b24-15-. The number of nitrogens with zero attached hydrogens (tertiary/aromatic N) is 1. The van der Waals surface area contributed by atoms with E-state index in [9.17, 15) is 8.42 Å². The molecule has 0 aliphatic rings. The van der Waals surface area contributed by atoms with Gasteiger partial charge < -0.3 is 9.47 Å². The van der Waals surface area contributed by atoms with Crippen molar-refractivity contribution in [2.45, 2.75) is 18.4 Å². The Morgan fingerprint density at radius 3 is 2.40 bits per heavy atom. The lowest BCUT2D eigenvalue weighted by Crippen LogP contribution is -2.18. The summed E-state index contributed by atoms with van der Waals surface area (Å²) in [5.41, 5.74) is 1.70. The summed E-state index contributed by atoms with van der Waals surface area (Å²) in [6.45, 7) is 2.75. The number of hydrogen-bond acceptors (Lipinski definition) is 5. The Kier molecular flexibility index (Phi) is 7.48. The van der Waals surface area contributed by atoms with Gasteiger partial charge in [0, 0.05) is 4.47 Å². The van der Waals surface area contributed by atoms with E-state index in [-0.39, 0.29) is 4.90 Å². The van der Waals surface area contributed by atoms with Crippen LogP contribution in [0.25, 0.3) is 0 Å². The molecule has 1 N–H and O–H groups in total. The second kappa shape index (κ2) is 10.3. The number of benzene rings is 3. The maximum atomic E-state index is 12.2. The van der Waals surface area contributed by atoms with Crippen LogP contribution in [0.3, 0.4) is 0 Å². The summed E-state index contributed by atoms with van der Waals surface area (Å²) < 4.78 is 37.0. The summed E-state index contributed by atoms with van der Waals surface area (Å²) in [6, 6.07) is 21.2. The van der Waals surface area contributed by atoms with Crippen LogP contribution < -0.4 is 14.3 Å². The van der Waals surface area contributed by atoms with Crippen LogP contribution in [0.1, 0.15) is 18.1 Å². The van der Waals surface area contributed by atoms with Crippen molar-refractivity contribution in [3.8, 4) is 11.5 Å². The summed E-state index contributed by atoms with van der Waals surface area (Å²) in [7, 11) is -3.71. The van der Waals surface area contributed by atoms with Crippen molar-refractivity contribution >= 4 is 32.2 Å². The van der Waals surface area contributed by atoms with Crippen LogP contribution in [0.2, 0.25) is 0 Å². The van der Waals surface area contributed by atoms with Crippen LogP contribution in [-0.4, -0.2) is 21.2 Å². The monoisotopic (exact) mass is 488 g/mol. The van der Waals surface area contributed by atoms with Crippen molar-refractivity contribution in [2.75, 3.05) is 6.61 Å². The Balaban J connectivity index is 1.69. The van der Waals surface area contributed by atoms with E-state index >= 15 is 0 Å². The second-order valence-electron chi connectivity index (χ2n) is 6.22. The highest BCUT2D eigenvalue weighted by Gasteiger charge is 2.11. The summed E-state index contributed by atoms with van der Waals surface area (Å²) >= 11 is 3.41. The fourth-order valence-corrected chi connectivity index (χ4v) is 3.63. The number of sulfonamides is 1. The summed E-state index contributed by atoms with van der Waals surface area (Å²) in [6.07, 6.45) is 1.42. The molecule has 0 aromatic heterocycles. The van der Waals surface area contributed by atoms with E-state index in [1.807, 2.05) is 31.2 Å². The van der Waals surface area contributed by atoms with Gasteiger partial charge in [-0.2, -0.15) is 13.5 Å². The third kappa shape index (κ3) is 6.08. The highest BCUT2D eigenvalue weighted by molar-refractivity contribution is 9.10. The molecule has 0 aliphatic heterocycles. The number of hydrogen-bond donors (Lipinski definition) is 1. The molecule has 0 unspecified atom stereocenters. The molecule has 30 heavy (non-hydrogen) atoms. The number of nitrogens with one attached hydrogen (secondary N) is 1. The van der Waals surface area contributed by atoms with Gasteiger partial charge in [0.05, 0.1) is 17.7 Å². The first-order valence-electron chi connectivity index (χ1n) is 9.22. The van der Waals surface area contributed by atoms with Crippen molar-refractivity contribution in [1.29, 1.82) is 0 Å². The summed E-state index contributed by atoms with van der Waals surface area (Å²) in [5.74, 6) is 1.16. The van der Waals surface area contributed by atoms with Gasteiger partial charge in [0.1, 0.15) is 6.61 Å². The third-order valence-electron chi connectivity index (χ3n) is 4.02. The molecule has 0 bridgehead atoms. The van der Waals surface area contributed by atoms with E-state index in [2.05, 4.69) is 25.9 Å². The molecule has 0 saturated heterocycles. The third-order valence-corrected chi connectivity index (χ3v) is 5.78. The smallest absolute Gasteiger partial charge is 0.276 e. The van der Waals surface area contributed by atoms with E-state index in [0.29, 0.717) is 30.3 Å². The normalized spacial score (nSPS) is 11.4. The quantitative estimate of drug-likeness (QED) is 0.348. The molecule has 0 aliphatic carbocycles. The van der Waals surface area contributed by atoms with Crippen molar-refractivity contribution < 1.29 is 17.9 Å². The molecule has 156 valence electrons.